The van der Waals surface area contributed by atoms with Gasteiger partial charge in [0.25, 0.3) is 0 Å². The van der Waals surface area contributed by atoms with Crippen LogP contribution in [0.1, 0.15) is 25.7 Å². The van der Waals surface area contributed by atoms with E-state index in [0.29, 0.717) is 17.4 Å². The molecule has 1 amide bonds. The predicted octanol–water partition coefficient (Wildman–Crippen LogP) is 5.74. The molecule has 6 rings (SSSR count). The molecule has 0 radical (unpaired) electrons. The average Bonchev–Trinajstić information content (AvgIpc) is 3.63. The molecule has 1 saturated heterocycles. The van der Waals surface area contributed by atoms with E-state index in [4.69, 9.17) is 9.15 Å². The van der Waals surface area contributed by atoms with Crippen molar-refractivity contribution in [3.63, 3.8) is 0 Å². The second-order valence-corrected chi connectivity index (χ2v) is 10.1. The molecule has 2 aromatic heterocycles. The maximum Gasteiger partial charge on any atom is 0.248 e. The summed E-state index contributed by atoms with van der Waals surface area (Å²) < 4.78 is 11.8. The van der Waals surface area contributed by atoms with E-state index in [9.17, 15) is 4.79 Å². The summed E-state index contributed by atoms with van der Waals surface area (Å²) in [5.74, 6) is 1.36. The van der Waals surface area contributed by atoms with Gasteiger partial charge >= 0.3 is 0 Å². The van der Waals surface area contributed by atoms with E-state index < -0.39 is 0 Å². The molecule has 0 bridgehead atoms. The highest BCUT2D eigenvalue weighted by atomic mass is 16.5. The fourth-order valence-corrected chi connectivity index (χ4v) is 5.40. The van der Waals surface area contributed by atoms with Crippen LogP contribution in [0.4, 0.5) is 11.5 Å². The Morgan fingerprint density at radius 1 is 1.00 bits per heavy atom. The van der Waals surface area contributed by atoms with Gasteiger partial charge in [-0.25, -0.2) is 9.97 Å². The number of morpholine rings is 1. The summed E-state index contributed by atoms with van der Waals surface area (Å²) in [6, 6.07) is 18.3. The Labute approximate surface area is 228 Å². The number of anilines is 2. The maximum absolute atomic E-state index is 12.7. The van der Waals surface area contributed by atoms with Crippen LogP contribution in [0.5, 0.6) is 0 Å². The van der Waals surface area contributed by atoms with Crippen LogP contribution in [-0.4, -0.2) is 59.7 Å². The van der Waals surface area contributed by atoms with Gasteiger partial charge in [-0.3, -0.25) is 9.69 Å². The van der Waals surface area contributed by atoms with Crippen molar-refractivity contribution in [3.05, 3.63) is 73.1 Å². The van der Waals surface area contributed by atoms with Crippen LogP contribution < -0.4 is 10.6 Å². The van der Waals surface area contributed by atoms with Crippen LogP contribution in [0.3, 0.4) is 0 Å². The fourth-order valence-electron chi connectivity index (χ4n) is 5.40. The van der Waals surface area contributed by atoms with Gasteiger partial charge in [-0.15, -0.1) is 0 Å². The zero-order valence-corrected chi connectivity index (χ0v) is 21.9. The summed E-state index contributed by atoms with van der Waals surface area (Å²) in [5, 5.41) is 7.53. The van der Waals surface area contributed by atoms with Gasteiger partial charge < -0.3 is 19.8 Å². The van der Waals surface area contributed by atoms with E-state index in [1.807, 2.05) is 60.7 Å². The number of nitrogens with one attached hydrogen (secondary N) is 2. The van der Waals surface area contributed by atoms with Gasteiger partial charge in [0.1, 0.15) is 17.9 Å². The number of hydrogen-bond acceptors (Lipinski definition) is 7. The smallest absolute Gasteiger partial charge is 0.248 e. The summed E-state index contributed by atoms with van der Waals surface area (Å²) in [4.78, 5) is 24.1. The number of ether oxygens (including phenoxy) is 1. The molecule has 1 saturated carbocycles. The molecule has 0 atom stereocenters. The molecule has 8 nitrogen and oxygen atoms in total. The number of aromatic nitrogens is 2. The topological polar surface area (TPSA) is 92.5 Å². The lowest BCUT2D eigenvalue weighted by Crippen LogP contribution is -2.36. The highest BCUT2D eigenvalue weighted by molar-refractivity contribution is 6.07. The van der Waals surface area contributed by atoms with Crippen molar-refractivity contribution in [2.24, 2.45) is 0 Å². The van der Waals surface area contributed by atoms with E-state index in [1.54, 1.807) is 12.4 Å². The highest BCUT2D eigenvalue weighted by Gasteiger charge is 2.24. The molecule has 8 heteroatoms. The summed E-state index contributed by atoms with van der Waals surface area (Å²) in [6.07, 6.45) is 9.77. The summed E-state index contributed by atoms with van der Waals surface area (Å²) in [7, 11) is 0. The summed E-state index contributed by atoms with van der Waals surface area (Å²) >= 11 is 0. The largest absolute Gasteiger partial charge is 0.437 e. The molecule has 0 spiro atoms. The van der Waals surface area contributed by atoms with Gasteiger partial charge in [0.2, 0.25) is 11.6 Å². The number of benzene rings is 2. The van der Waals surface area contributed by atoms with Gasteiger partial charge in [0.15, 0.2) is 0 Å². The van der Waals surface area contributed by atoms with Crippen molar-refractivity contribution in [1.82, 2.24) is 14.9 Å². The van der Waals surface area contributed by atoms with Crippen molar-refractivity contribution in [2.75, 3.05) is 43.5 Å². The Kier molecular flexibility index (Phi) is 7.65. The second-order valence-electron chi connectivity index (χ2n) is 10.1. The molecule has 2 N–H and O–H groups in total. The monoisotopic (exact) mass is 523 g/mol. The molecule has 2 fully saturated rings. The molecule has 39 heavy (non-hydrogen) atoms. The number of nitrogens with zero attached hydrogens (tertiary/aromatic N) is 3. The SMILES string of the molecule is O=C(/C=C/CN1CCOCC1)Nc1cccc(-c2c(-c3ccccc3)oc3ncnc(NC4CCCC4)c23)c1. The third-order valence-corrected chi connectivity index (χ3v) is 7.38. The summed E-state index contributed by atoms with van der Waals surface area (Å²) in [6.45, 7) is 3.98. The zero-order chi connectivity index (χ0) is 26.4. The average molecular weight is 524 g/mol. The first-order chi connectivity index (χ1) is 19.2. The molecule has 4 aromatic rings. The Balaban J connectivity index is 1.32. The molecular weight excluding hydrogens is 490 g/mol. The van der Waals surface area contributed by atoms with E-state index in [2.05, 4.69) is 25.5 Å². The van der Waals surface area contributed by atoms with E-state index in [0.717, 1.165) is 79.3 Å². The van der Waals surface area contributed by atoms with Gasteiger partial charge in [0.05, 0.1) is 18.6 Å². The third-order valence-electron chi connectivity index (χ3n) is 7.38. The first-order valence-corrected chi connectivity index (χ1v) is 13.7. The van der Waals surface area contributed by atoms with Crippen molar-refractivity contribution in [3.8, 4) is 22.5 Å². The lowest BCUT2D eigenvalue weighted by Gasteiger charge is -2.25. The Morgan fingerprint density at radius 3 is 2.62 bits per heavy atom. The molecular formula is C31H33N5O3. The van der Waals surface area contributed by atoms with E-state index in [1.165, 1.54) is 12.8 Å². The van der Waals surface area contributed by atoms with Crippen molar-refractivity contribution >= 4 is 28.5 Å². The van der Waals surface area contributed by atoms with E-state index >= 15 is 0 Å². The molecule has 1 aliphatic heterocycles. The van der Waals surface area contributed by atoms with Crippen LogP contribution in [0.25, 0.3) is 33.6 Å². The minimum atomic E-state index is -0.160. The molecule has 1 aliphatic carbocycles. The van der Waals surface area contributed by atoms with Crippen LogP contribution in [-0.2, 0) is 9.53 Å². The zero-order valence-electron chi connectivity index (χ0n) is 21.9. The fraction of sp³-hybridized carbons (Fsp3) is 0.323. The third kappa shape index (κ3) is 5.87. The van der Waals surface area contributed by atoms with Gasteiger partial charge in [-0.05, 0) is 30.5 Å². The predicted molar refractivity (Wildman–Crippen MR) is 154 cm³/mol. The van der Waals surface area contributed by atoms with Gasteiger partial charge in [-0.1, -0.05) is 61.4 Å². The molecule has 0 unspecified atom stereocenters. The minimum absolute atomic E-state index is 0.160. The maximum atomic E-state index is 12.7. The Morgan fingerprint density at radius 2 is 1.79 bits per heavy atom. The molecule has 2 aromatic carbocycles. The number of furan rings is 1. The Hall–Kier alpha value is -4.01. The van der Waals surface area contributed by atoms with Gasteiger partial charge in [-0.2, -0.15) is 0 Å². The number of fused-ring (bicyclic) bond motifs is 1. The lowest BCUT2D eigenvalue weighted by atomic mass is 9.98. The number of rotatable bonds is 8. The molecule has 3 heterocycles. The minimum Gasteiger partial charge on any atom is -0.437 e. The van der Waals surface area contributed by atoms with Crippen molar-refractivity contribution in [2.45, 2.75) is 31.7 Å². The standard InChI is InChI=1S/C31H33N5O3/c37-26(14-7-15-36-16-18-38-19-17-36)34-25-13-6-10-23(20-25)27-28-30(35-24-11-4-5-12-24)32-21-33-31(28)39-29(27)22-8-2-1-3-9-22/h1-3,6-10,13-14,20-21,24H,4-5,11-12,15-19H2,(H,34,37)(H,32,33,35)/b14-7+. The van der Waals surface area contributed by atoms with Crippen molar-refractivity contribution < 1.29 is 13.9 Å². The van der Waals surface area contributed by atoms with E-state index in [-0.39, 0.29) is 5.91 Å². The van der Waals surface area contributed by atoms with Gasteiger partial charge in [0, 0.05) is 48.6 Å². The quantitative estimate of drug-likeness (QED) is 0.285. The number of hydrogen-bond donors (Lipinski definition) is 2. The second kappa shape index (κ2) is 11.8. The van der Waals surface area contributed by atoms with Crippen molar-refractivity contribution in [1.29, 1.82) is 0 Å². The number of carbonyl (C=O) groups is 1. The van der Waals surface area contributed by atoms with Crippen LogP contribution >= 0.6 is 0 Å². The number of carbonyl (C=O) groups excluding carboxylic acids is 1. The number of amides is 1. The lowest BCUT2D eigenvalue weighted by molar-refractivity contribution is -0.111. The Bertz CT molecular complexity index is 1450. The normalized spacial score (nSPS) is 16.7. The first kappa shape index (κ1) is 25.3. The van der Waals surface area contributed by atoms with Crippen LogP contribution in [0, 0.1) is 0 Å². The molecule has 2 aliphatic rings. The van der Waals surface area contributed by atoms with Crippen LogP contribution in [0.15, 0.2) is 77.5 Å². The molecule has 200 valence electrons. The first-order valence-electron chi connectivity index (χ1n) is 13.7. The summed E-state index contributed by atoms with van der Waals surface area (Å²) in [5.41, 5.74) is 4.05. The van der Waals surface area contributed by atoms with Crippen LogP contribution in [0.2, 0.25) is 0 Å². The highest BCUT2D eigenvalue weighted by Crippen LogP contribution is 2.43.